The lowest BCUT2D eigenvalue weighted by atomic mass is 10.0. The number of nitrogens with two attached hydrogens (primary N) is 1. The van der Waals surface area contributed by atoms with Crippen LogP contribution in [0, 0.1) is 0 Å². The minimum atomic E-state index is -3.21. The molecule has 1 aliphatic rings. The highest BCUT2D eigenvalue weighted by Gasteiger charge is 2.28. The average molecular weight is 263 g/mol. The summed E-state index contributed by atoms with van der Waals surface area (Å²) in [5.74, 6) is -0.106. The lowest BCUT2D eigenvalue weighted by Gasteiger charge is -2.36. The van der Waals surface area contributed by atoms with Crippen LogP contribution in [0.4, 0.5) is 0 Å². The second-order valence-corrected chi connectivity index (χ2v) is 6.42. The number of amides is 1. The number of nitrogens with one attached hydrogen (secondary N) is 1. The Kier molecular flexibility index (Phi) is 4.91. The first-order valence-corrected chi connectivity index (χ1v) is 7.71. The second kappa shape index (κ2) is 5.79. The molecule has 1 heterocycles. The average Bonchev–Trinajstić information content (AvgIpc) is 2.24. The Bertz CT molecular complexity index is 367. The lowest BCUT2D eigenvalue weighted by molar-refractivity contribution is -0.135. The molecule has 1 fully saturated rings. The van der Waals surface area contributed by atoms with Gasteiger partial charge in [0.1, 0.15) is 0 Å². The Labute approximate surface area is 103 Å². The van der Waals surface area contributed by atoms with Crippen molar-refractivity contribution >= 4 is 15.9 Å². The summed E-state index contributed by atoms with van der Waals surface area (Å²) in [4.78, 5) is 13.6. The van der Waals surface area contributed by atoms with Gasteiger partial charge in [-0.25, -0.2) is 13.1 Å². The van der Waals surface area contributed by atoms with Crippen LogP contribution in [-0.2, 0) is 14.8 Å². The molecule has 0 radical (unpaired) electrons. The molecule has 1 rings (SSSR count). The fraction of sp³-hybridized carbons (Fsp3) is 0.900. The molecule has 1 amide bonds. The zero-order chi connectivity index (χ0) is 13.1. The van der Waals surface area contributed by atoms with E-state index in [9.17, 15) is 13.2 Å². The summed E-state index contributed by atoms with van der Waals surface area (Å²) in [6.07, 6.45) is 3.90. The molecule has 0 aromatic carbocycles. The van der Waals surface area contributed by atoms with Crippen molar-refractivity contribution in [2.24, 2.45) is 5.73 Å². The molecule has 0 aromatic rings. The predicted molar refractivity (Wildman–Crippen MR) is 65.8 cm³/mol. The van der Waals surface area contributed by atoms with Gasteiger partial charge in [-0.15, -0.1) is 0 Å². The van der Waals surface area contributed by atoms with Crippen molar-refractivity contribution < 1.29 is 13.2 Å². The number of hydrogen-bond donors (Lipinski definition) is 2. The number of likely N-dealkylation sites (tertiary alicyclic amines) is 1. The Hall–Kier alpha value is -0.660. The number of hydrogen-bond acceptors (Lipinski definition) is 4. The maximum Gasteiger partial charge on any atom is 0.239 e. The first-order chi connectivity index (χ1) is 7.81. The number of piperidine rings is 1. The Morgan fingerprint density at radius 1 is 1.53 bits per heavy atom. The van der Waals surface area contributed by atoms with E-state index in [1.807, 2.05) is 0 Å². The largest absolute Gasteiger partial charge is 0.337 e. The van der Waals surface area contributed by atoms with E-state index in [0.29, 0.717) is 6.54 Å². The van der Waals surface area contributed by atoms with E-state index in [4.69, 9.17) is 5.73 Å². The van der Waals surface area contributed by atoms with Crippen LogP contribution < -0.4 is 10.5 Å². The Morgan fingerprint density at radius 2 is 2.18 bits per heavy atom. The van der Waals surface area contributed by atoms with Gasteiger partial charge in [0.25, 0.3) is 0 Å². The predicted octanol–water partition coefficient (Wildman–Crippen LogP) is -0.736. The van der Waals surface area contributed by atoms with E-state index in [1.54, 1.807) is 11.8 Å². The summed E-state index contributed by atoms with van der Waals surface area (Å²) in [7, 11) is -3.21. The molecule has 3 N–H and O–H groups in total. The van der Waals surface area contributed by atoms with Crippen molar-refractivity contribution in [1.29, 1.82) is 0 Å². The van der Waals surface area contributed by atoms with E-state index < -0.39 is 16.1 Å². The first kappa shape index (κ1) is 14.4. The molecule has 100 valence electrons. The molecule has 0 bridgehead atoms. The van der Waals surface area contributed by atoms with Crippen LogP contribution in [0.15, 0.2) is 0 Å². The topological polar surface area (TPSA) is 92.5 Å². The van der Waals surface area contributed by atoms with Gasteiger partial charge in [-0.3, -0.25) is 4.79 Å². The molecular formula is C10H21N3O3S. The number of nitrogens with zero attached hydrogens (tertiary/aromatic N) is 1. The fourth-order valence-electron chi connectivity index (χ4n) is 2.01. The maximum absolute atomic E-state index is 11.9. The van der Waals surface area contributed by atoms with Gasteiger partial charge in [0, 0.05) is 19.1 Å². The second-order valence-electron chi connectivity index (χ2n) is 4.59. The van der Waals surface area contributed by atoms with E-state index in [1.165, 1.54) is 0 Å². The van der Waals surface area contributed by atoms with Crippen molar-refractivity contribution in [1.82, 2.24) is 9.62 Å². The van der Waals surface area contributed by atoms with Crippen molar-refractivity contribution in [2.75, 3.05) is 19.3 Å². The van der Waals surface area contributed by atoms with Crippen molar-refractivity contribution in [3.8, 4) is 0 Å². The van der Waals surface area contributed by atoms with Gasteiger partial charge >= 0.3 is 0 Å². The van der Waals surface area contributed by atoms with Crippen molar-refractivity contribution in [3.63, 3.8) is 0 Å². The van der Waals surface area contributed by atoms with Gasteiger partial charge in [0.2, 0.25) is 15.9 Å². The van der Waals surface area contributed by atoms with Crippen molar-refractivity contribution in [2.45, 2.75) is 38.3 Å². The molecule has 1 aliphatic heterocycles. The maximum atomic E-state index is 11.9. The SMILES string of the molecule is C[C@H](N)C(=O)N1CCCCC1CNS(C)(=O)=O. The quantitative estimate of drug-likeness (QED) is 0.699. The summed E-state index contributed by atoms with van der Waals surface area (Å²) >= 11 is 0. The number of rotatable bonds is 4. The highest BCUT2D eigenvalue weighted by atomic mass is 32.2. The Balaban J connectivity index is 2.63. The summed E-state index contributed by atoms with van der Waals surface area (Å²) in [6.45, 7) is 2.59. The lowest BCUT2D eigenvalue weighted by Crippen LogP contribution is -2.53. The molecule has 0 spiro atoms. The van der Waals surface area contributed by atoms with Gasteiger partial charge in [0.05, 0.1) is 12.3 Å². The van der Waals surface area contributed by atoms with Crippen LogP contribution >= 0.6 is 0 Å². The molecule has 7 heteroatoms. The summed E-state index contributed by atoms with van der Waals surface area (Å²) in [6, 6.07) is -0.606. The Morgan fingerprint density at radius 3 is 2.71 bits per heavy atom. The molecule has 0 aliphatic carbocycles. The zero-order valence-corrected chi connectivity index (χ0v) is 11.2. The van der Waals surface area contributed by atoms with Gasteiger partial charge in [0.15, 0.2) is 0 Å². The number of sulfonamides is 1. The minimum Gasteiger partial charge on any atom is -0.337 e. The standard InChI is InChI=1S/C10H21N3O3S/c1-8(11)10(14)13-6-4-3-5-9(13)7-12-17(2,15)16/h8-9,12H,3-7,11H2,1-2H3/t8-,9?/m0/s1. The molecule has 1 saturated heterocycles. The molecule has 0 aromatic heterocycles. The normalized spacial score (nSPS) is 23.5. The van der Waals surface area contributed by atoms with Crippen LogP contribution in [0.25, 0.3) is 0 Å². The van der Waals surface area contributed by atoms with Crippen LogP contribution in [0.3, 0.4) is 0 Å². The summed E-state index contributed by atoms with van der Waals surface area (Å²) in [5.41, 5.74) is 5.58. The van der Waals surface area contributed by atoms with Gasteiger partial charge < -0.3 is 10.6 Å². The van der Waals surface area contributed by atoms with E-state index in [2.05, 4.69) is 4.72 Å². The van der Waals surface area contributed by atoms with Crippen LogP contribution in [0.5, 0.6) is 0 Å². The van der Waals surface area contributed by atoms with E-state index in [-0.39, 0.29) is 18.5 Å². The van der Waals surface area contributed by atoms with Crippen LogP contribution in [0.2, 0.25) is 0 Å². The van der Waals surface area contributed by atoms with E-state index >= 15 is 0 Å². The molecular weight excluding hydrogens is 242 g/mol. The number of carbonyl (C=O) groups excluding carboxylic acids is 1. The third-order valence-electron chi connectivity index (χ3n) is 2.88. The zero-order valence-electron chi connectivity index (χ0n) is 10.3. The molecule has 0 saturated carbocycles. The summed E-state index contributed by atoms with van der Waals surface area (Å²) < 4.78 is 24.5. The molecule has 6 nitrogen and oxygen atoms in total. The summed E-state index contributed by atoms with van der Waals surface area (Å²) in [5, 5.41) is 0. The monoisotopic (exact) mass is 263 g/mol. The van der Waals surface area contributed by atoms with Gasteiger partial charge in [-0.1, -0.05) is 0 Å². The fourth-order valence-corrected chi connectivity index (χ4v) is 2.51. The third-order valence-corrected chi connectivity index (χ3v) is 3.57. The van der Waals surface area contributed by atoms with Crippen molar-refractivity contribution in [3.05, 3.63) is 0 Å². The smallest absolute Gasteiger partial charge is 0.239 e. The molecule has 2 atom stereocenters. The van der Waals surface area contributed by atoms with E-state index in [0.717, 1.165) is 25.5 Å². The van der Waals surface area contributed by atoms with Gasteiger partial charge in [-0.05, 0) is 26.2 Å². The molecule has 1 unspecified atom stereocenters. The van der Waals surface area contributed by atoms with Crippen LogP contribution in [-0.4, -0.2) is 50.7 Å². The van der Waals surface area contributed by atoms with Gasteiger partial charge in [-0.2, -0.15) is 0 Å². The molecule has 17 heavy (non-hydrogen) atoms. The third kappa shape index (κ3) is 4.61. The highest BCUT2D eigenvalue weighted by Crippen LogP contribution is 2.17. The highest BCUT2D eigenvalue weighted by molar-refractivity contribution is 7.88. The number of carbonyl (C=O) groups is 1. The van der Waals surface area contributed by atoms with Crippen LogP contribution in [0.1, 0.15) is 26.2 Å². The minimum absolute atomic E-state index is 0.0722. The first-order valence-electron chi connectivity index (χ1n) is 5.82.